The van der Waals surface area contributed by atoms with E-state index in [1.807, 2.05) is 43.3 Å². The minimum absolute atomic E-state index is 0.114. The van der Waals surface area contributed by atoms with E-state index in [-0.39, 0.29) is 16.5 Å². The van der Waals surface area contributed by atoms with Crippen molar-refractivity contribution in [3.63, 3.8) is 0 Å². The van der Waals surface area contributed by atoms with E-state index < -0.39 is 17.0 Å². The number of carbonyl (C=O) groups is 2. The molecular weight excluding hydrogens is 389 g/mol. The summed E-state index contributed by atoms with van der Waals surface area (Å²) < 4.78 is 13.3. The minimum Gasteiger partial charge on any atom is -0.351 e. The van der Waals surface area contributed by atoms with Gasteiger partial charge in [-0.3, -0.25) is 14.5 Å². The highest BCUT2D eigenvalue weighted by Crippen LogP contribution is 2.41. The molecule has 7 heteroatoms. The highest BCUT2D eigenvalue weighted by Gasteiger charge is 2.39. The van der Waals surface area contributed by atoms with Crippen molar-refractivity contribution in [1.29, 1.82) is 5.26 Å². The van der Waals surface area contributed by atoms with Crippen LogP contribution in [0.25, 0.3) is 0 Å². The van der Waals surface area contributed by atoms with Gasteiger partial charge in [0.1, 0.15) is 22.5 Å². The average molecular weight is 409 g/mol. The van der Waals surface area contributed by atoms with Gasteiger partial charge < -0.3 is 5.32 Å². The first-order valence-electron chi connectivity index (χ1n) is 9.27. The van der Waals surface area contributed by atoms with Gasteiger partial charge in [0.25, 0.3) is 5.91 Å². The summed E-state index contributed by atoms with van der Waals surface area (Å²) in [5, 5.41) is 12.3. The Labute approximate surface area is 173 Å². The van der Waals surface area contributed by atoms with Gasteiger partial charge in [0.05, 0.1) is 5.25 Å². The highest BCUT2D eigenvalue weighted by atomic mass is 32.2. The van der Waals surface area contributed by atoms with Crippen LogP contribution in [0.1, 0.15) is 18.9 Å². The zero-order valence-electron chi connectivity index (χ0n) is 15.9. The van der Waals surface area contributed by atoms with E-state index in [1.165, 1.54) is 40.9 Å². The molecular formula is C22H20FN3O2S. The second kappa shape index (κ2) is 9.39. The number of thioether (sulfide) groups is 1. The maximum Gasteiger partial charge on any atom is 0.264 e. The molecule has 1 fully saturated rings. The topological polar surface area (TPSA) is 73.2 Å². The van der Waals surface area contributed by atoms with Crippen molar-refractivity contribution >= 4 is 29.3 Å². The molecule has 1 aliphatic rings. The number of carbonyl (C=O) groups excluding carboxylic acids is 2. The number of benzene rings is 2. The fraction of sp³-hybridized carbons (Fsp3) is 0.227. The number of anilines is 1. The SMILES string of the molecule is CCC1S/C(=C(/C#N)C(=O)NCCc2ccccc2)N(c2ccc(F)cc2)C1=O. The molecule has 0 saturated carbocycles. The van der Waals surface area contributed by atoms with Crippen LogP contribution >= 0.6 is 11.8 Å². The lowest BCUT2D eigenvalue weighted by Crippen LogP contribution is -2.32. The standard InChI is InChI=1S/C22H20FN3O2S/c1-2-19-21(28)26(17-10-8-16(23)9-11-17)22(29-19)18(14-24)20(27)25-13-12-15-6-4-3-5-7-15/h3-11,19H,2,12-13H2,1H3,(H,25,27)/b22-18-. The molecule has 0 spiro atoms. The molecule has 148 valence electrons. The molecule has 3 rings (SSSR count). The van der Waals surface area contributed by atoms with Crippen LogP contribution in [0, 0.1) is 17.1 Å². The lowest BCUT2D eigenvalue weighted by atomic mass is 10.1. The van der Waals surface area contributed by atoms with Gasteiger partial charge in [-0.05, 0) is 42.7 Å². The van der Waals surface area contributed by atoms with E-state index in [0.717, 1.165) is 5.56 Å². The quantitative estimate of drug-likeness (QED) is 0.582. The van der Waals surface area contributed by atoms with Crippen molar-refractivity contribution in [2.24, 2.45) is 0 Å². The second-order valence-corrected chi connectivity index (χ2v) is 7.64. The normalized spacial score (nSPS) is 17.8. The third-order valence-corrected chi connectivity index (χ3v) is 5.93. The van der Waals surface area contributed by atoms with E-state index in [4.69, 9.17) is 0 Å². The van der Waals surface area contributed by atoms with Crippen molar-refractivity contribution in [3.8, 4) is 6.07 Å². The van der Waals surface area contributed by atoms with E-state index in [2.05, 4.69) is 5.32 Å². The Bertz CT molecular complexity index is 968. The molecule has 2 aromatic carbocycles. The monoisotopic (exact) mass is 409 g/mol. The molecule has 29 heavy (non-hydrogen) atoms. The van der Waals surface area contributed by atoms with Gasteiger partial charge in [-0.2, -0.15) is 5.26 Å². The van der Waals surface area contributed by atoms with Crippen molar-refractivity contribution in [3.05, 3.63) is 76.6 Å². The van der Waals surface area contributed by atoms with Crippen LogP contribution in [-0.2, 0) is 16.0 Å². The van der Waals surface area contributed by atoms with Crippen molar-refractivity contribution in [2.45, 2.75) is 25.0 Å². The van der Waals surface area contributed by atoms with Crippen LogP contribution < -0.4 is 10.2 Å². The average Bonchev–Trinajstić information content (AvgIpc) is 3.06. The van der Waals surface area contributed by atoms with E-state index in [9.17, 15) is 19.2 Å². The van der Waals surface area contributed by atoms with Crippen molar-refractivity contribution < 1.29 is 14.0 Å². The van der Waals surface area contributed by atoms with Gasteiger partial charge in [-0.15, -0.1) is 0 Å². The molecule has 0 bridgehead atoms. The summed E-state index contributed by atoms with van der Waals surface area (Å²) in [5.41, 5.74) is 1.39. The summed E-state index contributed by atoms with van der Waals surface area (Å²) in [6.07, 6.45) is 1.19. The molecule has 1 saturated heterocycles. The highest BCUT2D eigenvalue weighted by molar-refractivity contribution is 8.05. The van der Waals surface area contributed by atoms with Crippen LogP contribution in [0.15, 0.2) is 65.2 Å². The molecule has 1 unspecified atom stereocenters. The molecule has 2 amide bonds. The van der Waals surface area contributed by atoms with Gasteiger partial charge >= 0.3 is 0 Å². The Morgan fingerprint density at radius 1 is 1.21 bits per heavy atom. The van der Waals surface area contributed by atoms with Gasteiger partial charge in [0, 0.05) is 12.2 Å². The summed E-state index contributed by atoms with van der Waals surface area (Å²) in [6, 6.07) is 17.1. The van der Waals surface area contributed by atoms with Gasteiger partial charge in [-0.25, -0.2) is 4.39 Å². The Morgan fingerprint density at radius 2 is 1.90 bits per heavy atom. The number of nitrogens with one attached hydrogen (secondary N) is 1. The fourth-order valence-corrected chi connectivity index (χ4v) is 4.19. The van der Waals surface area contributed by atoms with Crippen LogP contribution in [-0.4, -0.2) is 23.6 Å². The predicted octanol–water partition coefficient (Wildman–Crippen LogP) is 3.78. The summed E-state index contributed by atoms with van der Waals surface area (Å²) in [7, 11) is 0. The summed E-state index contributed by atoms with van der Waals surface area (Å²) in [5.74, 6) is -1.17. The third-order valence-electron chi connectivity index (χ3n) is 4.50. The van der Waals surface area contributed by atoms with Gasteiger partial charge in [0.15, 0.2) is 0 Å². The van der Waals surface area contributed by atoms with Crippen LogP contribution in [0.3, 0.4) is 0 Å². The third kappa shape index (κ3) is 4.66. The fourth-order valence-electron chi connectivity index (χ4n) is 2.99. The predicted molar refractivity (Wildman–Crippen MR) is 111 cm³/mol. The molecule has 0 aromatic heterocycles. The van der Waals surface area contributed by atoms with Gasteiger partial charge in [-0.1, -0.05) is 49.0 Å². The lowest BCUT2D eigenvalue weighted by Gasteiger charge is -2.18. The maximum absolute atomic E-state index is 13.3. The van der Waals surface area contributed by atoms with Gasteiger partial charge in [0.2, 0.25) is 5.91 Å². The first kappa shape index (κ1) is 20.6. The Kier molecular flexibility index (Phi) is 6.68. The number of nitrogens with zero attached hydrogens (tertiary/aromatic N) is 2. The van der Waals surface area contributed by atoms with Crippen LogP contribution in [0.4, 0.5) is 10.1 Å². The number of hydrogen-bond donors (Lipinski definition) is 1. The largest absolute Gasteiger partial charge is 0.351 e. The summed E-state index contributed by atoms with van der Waals surface area (Å²) in [4.78, 5) is 26.8. The zero-order chi connectivity index (χ0) is 20.8. The Balaban J connectivity index is 1.84. The number of rotatable bonds is 6. The molecule has 1 N–H and O–H groups in total. The zero-order valence-corrected chi connectivity index (χ0v) is 16.7. The van der Waals surface area contributed by atoms with E-state index in [1.54, 1.807) is 0 Å². The molecule has 0 aliphatic carbocycles. The molecule has 2 aromatic rings. The van der Waals surface area contributed by atoms with Crippen molar-refractivity contribution in [2.75, 3.05) is 11.4 Å². The van der Waals surface area contributed by atoms with E-state index in [0.29, 0.717) is 25.1 Å². The molecule has 1 aliphatic heterocycles. The molecule has 1 atom stereocenters. The smallest absolute Gasteiger partial charge is 0.264 e. The Morgan fingerprint density at radius 3 is 2.52 bits per heavy atom. The van der Waals surface area contributed by atoms with Crippen molar-refractivity contribution in [1.82, 2.24) is 5.32 Å². The first-order chi connectivity index (χ1) is 14.0. The lowest BCUT2D eigenvalue weighted by molar-refractivity contribution is -0.117. The number of hydrogen-bond acceptors (Lipinski definition) is 4. The maximum atomic E-state index is 13.3. The Hall–Kier alpha value is -3.11. The van der Waals surface area contributed by atoms with Crippen LogP contribution in [0.5, 0.6) is 0 Å². The first-order valence-corrected chi connectivity index (χ1v) is 10.2. The second-order valence-electron chi connectivity index (χ2n) is 6.45. The number of amides is 2. The summed E-state index contributed by atoms with van der Waals surface area (Å²) in [6.45, 7) is 2.24. The van der Waals surface area contributed by atoms with Crippen LogP contribution in [0.2, 0.25) is 0 Å². The van der Waals surface area contributed by atoms with E-state index >= 15 is 0 Å². The number of nitriles is 1. The minimum atomic E-state index is -0.525. The molecule has 1 heterocycles. The molecule has 5 nitrogen and oxygen atoms in total. The molecule has 0 radical (unpaired) electrons. The summed E-state index contributed by atoms with van der Waals surface area (Å²) >= 11 is 1.20. The number of halogens is 1.